The van der Waals surface area contributed by atoms with Crippen molar-refractivity contribution in [2.24, 2.45) is 0 Å². The summed E-state index contributed by atoms with van der Waals surface area (Å²) in [6.45, 7) is 0. The van der Waals surface area contributed by atoms with Crippen molar-refractivity contribution in [1.29, 1.82) is 0 Å². The molecule has 0 saturated carbocycles. The molecule has 8 aromatic carbocycles. The summed E-state index contributed by atoms with van der Waals surface area (Å²) < 4.78 is 6.79. The van der Waals surface area contributed by atoms with Crippen molar-refractivity contribution in [3.05, 3.63) is 204 Å². The second-order valence-electron chi connectivity index (χ2n) is 12.9. The van der Waals surface area contributed by atoms with E-state index in [0.717, 1.165) is 49.8 Å². The molecule has 1 aromatic heterocycles. The Kier molecular flexibility index (Phi) is 6.13. The first-order chi connectivity index (χ1) is 24.3. The van der Waals surface area contributed by atoms with E-state index in [1.54, 1.807) is 0 Å². The van der Waals surface area contributed by atoms with Crippen LogP contribution in [0.25, 0.3) is 55.0 Å². The monoisotopic (exact) mass is 625 g/mol. The molecule has 0 aliphatic heterocycles. The third kappa shape index (κ3) is 4.01. The highest BCUT2D eigenvalue weighted by molar-refractivity contribution is 6.17. The maximum atomic E-state index is 6.79. The summed E-state index contributed by atoms with van der Waals surface area (Å²) in [6, 6.07) is 65.4. The molecule has 0 radical (unpaired) electrons. The minimum atomic E-state index is -0.507. The van der Waals surface area contributed by atoms with E-state index in [1.165, 1.54) is 38.8 Å². The third-order valence-corrected chi connectivity index (χ3v) is 10.3. The van der Waals surface area contributed by atoms with E-state index in [2.05, 4.69) is 187 Å². The van der Waals surface area contributed by atoms with Crippen molar-refractivity contribution in [2.45, 2.75) is 5.41 Å². The highest BCUT2D eigenvalue weighted by atomic mass is 16.3. The molecule has 0 spiro atoms. The number of fused-ring (bicyclic) bond motifs is 8. The SMILES string of the molecule is c1ccc(C2(c3ccccc3)c3ccccc3-c3cccc(Nc4ccccc4-c4cccc5c4oc4c6ccccc6ccc54)c32)cc1. The molecule has 9 aromatic rings. The molecular formula is C47H31NO. The maximum Gasteiger partial charge on any atom is 0.143 e. The van der Waals surface area contributed by atoms with Gasteiger partial charge in [-0.1, -0.05) is 164 Å². The Morgan fingerprint density at radius 1 is 0.367 bits per heavy atom. The van der Waals surface area contributed by atoms with Gasteiger partial charge in [0.05, 0.1) is 5.41 Å². The van der Waals surface area contributed by atoms with Crippen LogP contribution in [0.3, 0.4) is 0 Å². The van der Waals surface area contributed by atoms with Crippen molar-refractivity contribution in [2.75, 3.05) is 5.32 Å². The molecule has 0 amide bonds. The van der Waals surface area contributed by atoms with Crippen LogP contribution in [0, 0.1) is 0 Å². The molecular weight excluding hydrogens is 595 g/mol. The van der Waals surface area contributed by atoms with Gasteiger partial charge in [-0.15, -0.1) is 0 Å². The van der Waals surface area contributed by atoms with E-state index >= 15 is 0 Å². The van der Waals surface area contributed by atoms with E-state index < -0.39 is 5.41 Å². The average molecular weight is 626 g/mol. The van der Waals surface area contributed by atoms with Crippen molar-refractivity contribution in [1.82, 2.24) is 0 Å². The fourth-order valence-electron chi connectivity index (χ4n) is 8.32. The second kappa shape index (κ2) is 10.8. The third-order valence-electron chi connectivity index (χ3n) is 10.3. The lowest BCUT2D eigenvalue weighted by Crippen LogP contribution is -2.29. The molecule has 2 nitrogen and oxygen atoms in total. The fourth-order valence-corrected chi connectivity index (χ4v) is 8.32. The molecule has 1 heterocycles. The van der Waals surface area contributed by atoms with Crippen LogP contribution < -0.4 is 5.32 Å². The fraction of sp³-hybridized carbons (Fsp3) is 0.0213. The summed E-state index contributed by atoms with van der Waals surface area (Å²) in [6.07, 6.45) is 0. The van der Waals surface area contributed by atoms with Gasteiger partial charge in [0.2, 0.25) is 0 Å². The molecule has 0 atom stereocenters. The van der Waals surface area contributed by atoms with Gasteiger partial charge in [-0.05, 0) is 51.4 Å². The average Bonchev–Trinajstić information content (AvgIpc) is 3.71. The van der Waals surface area contributed by atoms with Crippen LogP contribution in [0.1, 0.15) is 22.3 Å². The lowest BCUT2D eigenvalue weighted by atomic mass is 9.67. The first-order valence-corrected chi connectivity index (χ1v) is 16.9. The molecule has 230 valence electrons. The standard InChI is InChI=1S/C47H31NO/c1-3-16-32(17-4-1)47(33-18-5-2-6-19-33)41-26-11-9-21-35(41)37-23-14-28-43(44(37)47)48-42-27-12-10-22-36(42)38-24-13-25-39-40-30-29-31-15-7-8-20-34(31)45(40)49-46(38)39/h1-30,48H. The molecule has 49 heavy (non-hydrogen) atoms. The summed E-state index contributed by atoms with van der Waals surface area (Å²) in [4.78, 5) is 0. The van der Waals surface area contributed by atoms with Crippen LogP contribution in [-0.4, -0.2) is 0 Å². The van der Waals surface area contributed by atoms with Gasteiger partial charge in [-0.3, -0.25) is 0 Å². The molecule has 0 saturated heterocycles. The van der Waals surface area contributed by atoms with Gasteiger partial charge < -0.3 is 9.73 Å². The van der Waals surface area contributed by atoms with E-state index in [9.17, 15) is 0 Å². The number of nitrogens with one attached hydrogen (secondary N) is 1. The maximum absolute atomic E-state index is 6.79. The molecule has 2 heteroatoms. The Balaban J connectivity index is 1.20. The number of para-hydroxylation sites is 2. The van der Waals surface area contributed by atoms with Gasteiger partial charge in [0, 0.05) is 44.2 Å². The number of benzene rings is 8. The first-order valence-electron chi connectivity index (χ1n) is 16.9. The summed E-state index contributed by atoms with van der Waals surface area (Å²) in [5, 5.41) is 8.55. The zero-order valence-electron chi connectivity index (χ0n) is 26.7. The quantitative estimate of drug-likeness (QED) is 0.206. The van der Waals surface area contributed by atoms with Crippen LogP contribution in [0.5, 0.6) is 0 Å². The van der Waals surface area contributed by atoms with E-state index in [1.807, 2.05) is 0 Å². The number of hydrogen-bond donors (Lipinski definition) is 1. The summed E-state index contributed by atoms with van der Waals surface area (Å²) in [5.41, 5.74) is 13.1. The molecule has 0 fully saturated rings. The summed E-state index contributed by atoms with van der Waals surface area (Å²) in [7, 11) is 0. The van der Waals surface area contributed by atoms with Gasteiger partial charge in [-0.2, -0.15) is 0 Å². The van der Waals surface area contributed by atoms with Crippen LogP contribution in [0.4, 0.5) is 11.4 Å². The van der Waals surface area contributed by atoms with Gasteiger partial charge >= 0.3 is 0 Å². The topological polar surface area (TPSA) is 25.2 Å². The smallest absolute Gasteiger partial charge is 0.143 e. The van der Waals surface area contributed by atoms with Crippen LogP contribution in [-0.2, 0) is 5.41 Å². The summed E-state index contributed by atoms with van der Waals surface area (Å²) in [5.74, 6) is 0. The zero-order chi connectivity index (χ0) is 32.4. The lowest BCUT2D eigenvalue weighted by Gasteiger charge is -2.35. The summed E-state index contributed by atoms with van der Waals surface area (Å²) >= 11 is 0. The number of rotatable bonds is 5. The largest absolute Gasteiger partial charge is 0.455 e. The van der Waals surface area contributed by atoms with Crippen molar-refractivity contribution >= 4 is 44.1 Å². The van der Waals surface area contributed by atoms with Crippen LogP contribution in [0.15, 0.2) is 186 Å². The predicted octanol–water partition coefficient (Wildman–Crippen LogP) is 12.5. The van der Waals surface area contributed by atoms with E-state index in [0.29, 0.717) is 0 Å². The molecule has 1 N–H and O–H groups in total. The van der Waals surface area contributed by atoms with Crippen molar-refractivity contribution in [3.63, 3.8) is 0 Å². The Labute approximate surface area is 284 Å². The highest BCUT2D eigenvalue weighted by Crippen LogP contribution is 2.58. The molecule has 1 aliphatic rings. The van der Waals surface area contributed by atoms with Gasteiger partial charge in [-0.25, -0.2) is 0 Å². The van der Waals surface area contributed by atoms with Gasteiger partial charge in [0.25, 0.3) is 0 Å². The Bertz CT molecular complexity index is 2650. The van der Waals surface area contributed by atoms with Crippen molar-refractivity contribution in [3.8, 4) is 22.3 Å². The van der Waals surface area contributed by atoms with E-state index in [-0.39, 0.29) is 0 Å². The first kappa shape index (κ1) is 27.7. The molecule has 0 unspecified atom stereocenters. The number of anilines is 2. The highest BCUT2D eigenvalue weighted by Gasteiger charge is 2.47. The lowest BCUT2D eigenvalue weighted by molar-refractivity contribution is 0.674. The zero-order valence-corrected chi connectivity index (χ0v) is 26.7. The number of hydrogen-bond acceptors (Lipinski definition) is 2. The molecule has 0 bridgehead atoms. The minimum Gasteiger partial charge on any atom is -0.455 e. The Morgan fingerprint density at radius 3 is 1.76 bits per heavy atom. The number of furan rings is 1. The van der Waals surface area contributed by atoms with Crippen LogP contribution in [0.2, 0.25) is 0 Å². The van der Waals surface area contributed by atoms with Gasteiger partial charge in [0.1, 0.15) is 11.2 Å². The molecule has 1 aliphatic carbocycles. The Morgan fingerprint density at radius 2 is 0.939 bits per heavy atom. The minimum absolute atomic E-state index is 0.507. The van der Waals surface area contributed by atoms with Crippen LogP contribution >= 0.6 is 0 Å². The van der Waals surface area contributed by atoms with Crippen molar-refractivity contribution < 1.29 is 4.42 Å². The predicted molar refractivity (Wildman–Crippen MR) is 204 cm³/mol. The Hall–Kier alpha value is -6.38. The second-order valence-corrected chi connectivity index (χ2v) is 12.9. The van der Waals surface area contributed by atoms with Gasteiger partial charge in [0.15, 0.2) is 0 Å². The van der Waals surface area contributed by atoms with E-state index in [4.69, 9.17) is 4.42 Å². The normalized spacial score (nSPS) is 13.1. The molecule has 10 rings (SSSR count).